The van der Waals surface area contributed by atoms with Crippen molar-refractivity contribution in [2.24, 2.45) is 11.7 Å². The highest BCUT2D eigenvalue weighted by Gasteiger charge is 2.44. The number of nitrogens with zero attached hydrogens (tertiary/aromatic N) is 1. The van der Waals surface area contributed by atoms with Crippen LogP contribution in [0.4, 0.5) is 0 Å². The Hall–Kier alpha value is -1.33. The fourth-order valence-corrected chi connectivity index (χ4v) is 3.40. The molecular formula is C18H27BN2O2. The molecule has 1 saturated heterocycles. The van der Waals surface area contributed by atoms with Crippen LogP contribution in [0.2, 0.25) is 6.32 Å². The maximum atomic E-state index is 11.7. The monoisotopic (exact) mass is 314 g/mol. The number of nitrogens with two attached hydrogens (primary N) is 1. The van der Waals surface area contributed by atoms with Crippen LogP contribution >= 0.6 is 0 Å². The Morgan fingerprint density at radius 3 is 2.70 bits per heavy atom. The van der Waals surface area contributed by atoms with Crippen LogP contribution in [0.15, 0.2) is 24.3 Å². The molecule has 0 bridgehead atoms. The van der Waals surface area contributed by atoms with Crippen LogP contribution in [0.25, 0.3) is 0 Å². The normalized spacial score (nSPS) is 21.2. The lowest BCUT2D eigenvalue weighted by Gasteiger charge is -2.31. The molecule has 1 fully saturated rings. The van der Waals surface area contributed by atoms with E-state index in [2.05, 4.69) is 36.1 Å². The summed E-state index contributed by atoms with van der Waals surface area (Å²) in [6.45, 7) is 4.59. The first-order chi connectivity index (χ1) is 11.0. The Labute approximate surface area is 140 Å². The third kappa shape index (κ3) is 4.58. The van der Waals surface area contributed by atoms with Crippen molar-refractivity contribution < 1.29 is 9.90 Å². The van der Waals surface area contributed by atoms with Gasteiger partial charge in [0.05, 0.1) is 7.85 Å². The second kappa shape index (κ2) is 7.98. The number of unbranched alkanes of at least 4 members (excludes halogenated alkanes) is 1. The Morgan fingerprint density at radius 1 is 1.39 bits per heavy atom. The van der Waals surface area contributed by atoms with Gasteiger partial charge in [0.25, 0.3) is 0 Å². The van der Waals surface area contributed by atoms with E-state index in [9.17, 15) is 9.90 Å². The molecule has 1 heterocycles. The van der Waals surface area contributed by atoms with Crippen LogP contribution < -0.4 is 5.73 Å². The molecule has 2 atom stereocenters. The van der Waals surface area contributed by atoms with Gasteiger partial charge in [-0.05, 0) is 31.9 Å². The van der Waals surface area contributed by atoms with Gasteiger partial charge in [0.1, 0.15) is 5.54 Å². The first kappa shape index (κ1) is 18.0. The van der Waals surface area contributed by atoms with Crippen molar-refractivity contribution in [1.82, 2.24) is 4.90 Å². The molecule has 3 N–H and O–H groups in total. The van der Waals surface area contributed by atoms with Crippen molar-refractivity contribution in [2.45, 2.75) is 51.0 Å². The fraction of sp³-hybridized carbons (Fsp3) is 0.611. The smallest absolute Gasteiger partial charge is 0.324 e. The quantitative estimate of drug-likeness (QED) is 0.571. The molecular weight excluding hydrogens is 287 g/mol. The van der Waals surface area contributed by atoms with Gasteiger partial charge < -0.3 is 10.8 Å². The minimum atomic E-state index is -1.13. The summed E-state index contributed by atoms with van der Waals surface area (Å²) in [5, 5.41) is 9.62. The zero-order chi connectivity index (χ0) is 16.9. The molecule has 4 nitrogen and oxygen atoms in total. The summed E-state index contributed by atoms with van der Waals surface area (Å²) in [6.07, 6.45) is 3.53. The lowest BCUT2D eigenvalue weighted by molar-refractivity contribution is -0.145. The molecule has 0 aliphatic carbocycles. The standard InChI is InChI=1S/C18H27BN2O2/c1-14-4-6-15(7-5-14)12-21-11-8-16(13-21)18(20,17(22)23)9-2-3-10-19/h4-7,16H,2-3,8-13,20H2,1H3,(H,22,23). The van der Waals surface area contributed by atoms with Crippen LogP contribution in [0, 0.1) is 12.8 Å². The van der Waals surface area contributed by atoms with Crippen LogP contribution in [0.3, 0.4) is 0 Å². The number of benzene rings is 1. The van der Waals surface area contributed by atoms with E-state index in [1.54, 1.807) is 0 Å². The molecule has 0 saturated carbocycles. The molecule has 1 aliphatic heterocycles. The summed E-state index contributed by atoms with van der Waals surface area (Å²) in [7, 11) is 5.51. The summed E-state index contributed by atoms with van der Waals surface area (Å²) >= 11 is 0. The van der Waals surface area contributed by atoms with Crippen molar-refractivity contribution in [3.05, 3.63) is 35.4 Å². The van der Waals surface area contributed by atoms with Crippen molar-refractivity contribution in [2.75, 3.05) is 13.1 Å². The van der Waals surface area contributed by atoms with E-state index in [0.717, 1.165) is 38.9 Å². The fourth-order valence-electron chi connectivity index (χ4n) is 3.40. The number of hydrogen-bond donors (Lipinski definition) is 2. The largest absolute Gasteiger partial charge is 0.480 e. The van der Waals surface area contributed by atoms with Crippen molar-refractivity contribution >= 4 is 13.8 Å². The molecule has 2 radical (unpaired) electrons. The molecule has 1 aromatic rings. The number of rotatable bonds is 8. The number of aryl methyl sites for hydroxylation is 1. The maximum absolute atomic E-state index is 11.7. The van der Waals surface area contributed by atoms with E-state index < -0.39 is 11.5 Å². The van der Waals surface area contributed by atoms with Gasteiger partial charge in [0, 0.05) is 19.0 Å². The predicted octanol–water partition coefficient (Wildman–Crippen LogP) is 2.36. The first-order valence-corrected chi connectivity index (χ1v) is 8.46. The van der Waals surface area contributed by atoms with Crippen LogP contribution in [-0.2, 0) is 11.3 Å². The third-order valence-corrected chi connectivity index (χ3v) is 4.97. The summed E-state index contributed by atoms with van der Waals surface area (Å²) < 4.78 is 0. The number of carboxylic acid groups (broad SMARTS) is 1. The molecule has 0 aromatic heterocycles. The molecule has 0 amide bonds. The van der Waals surface area contributed by atoms with Gasteiger partial charge in [-0.2, -0.15) is 0 Å². The summed E-state index contributed by atoms with van der Waals surface area (Å²) in [5.41, 5.74) is 7.68. The minimum Gasteiger partial charge on any atom is -0.480 e. The first-order valence-electron chi connectivity index (χ1n) is 8.46. The predicted molar refractivity (Wildman–Crippen MR) is 93.5 cm³/mol. The maximum Gasteiger partial charge on any atom is 0.324 e. The van der Waals surface area contributed by atoms with Gasteiger partial charge in [0.15, 0.2) is 0 Å². The Bertz CT molecular complexity index is 520. The van der Waals surface area contributed by atoms with Crippen molar-refractivity contribution in [3.8, 4) is 0 Å². The van der Waals surface area contributed by atoms with E-state index >= 15 is 0 Å². The summed E-state index contributed by atoms with van der Waals surface area (Å²) in [6, 6.07) is 8.49. The third-order valence-electron chi connectivity index (χ3n) is 4.97. The molecule has 0 spiro atoms. The number of hydrogen-bond acceptors (Lipinski definition) is 3. The Kier molecular flexibility index (Phi) is 6.25. The van der Waals surface area contributed by atoms with Gasteiger partial charge in [-0.25, -0.2) is 0 Å². The van der Waals surface area contributed by atoms with Gasteiger partial charge in [-0.1, -0.05) is 49.0 Å². The molecule has 2 rings (SSSR count). The van der Waals surface area contributed by atoms with Crippen molar-refractivity contribution in [3.63, 3.8) is 0 Å². The topological polar surface area (TPSA) is 66.6 Å². The lowest BCUT2D eigenvalue weighted by atomic mass is 9.79. The Morgan fingerprint density at radius 2 is 2.09 bits per heavy atom. The minimum absolute atomic E-state index is 0.00298. The second-order valence-corrected chi connectivity index (χ2v) is 6.80. The highest BCUT2D eigenvalue weighted by Crippen LogP contribution is 2.31. The number of carboxylic acids is 1. The van der Waals surface area contributed by atoms with Crippen LogP contribution in [0.1, 0.15) is 36.8 Å². The average Bonchev–Trinajstić information content (AvgIpc) is 2.98. The zero-order valence-electron chi connectivity index (χ0n) is 14.0. The molecule has 5 heteroatoms. The highest BCUT2D eigenvalue weighted by molar-refractivity contribution is 6.08. The van der Waals surface area contributed by atoms with E-state index in [4.69, 9.17) is 13.6 Å². The van der Waals surface area contributed by atoms with Gasteiger partial charge in [-0.15, -0.1) is 0 Å². The molecule has 23 heavy (non-hydrogen) atoms. The average molecular weight is 314 g/mol. The van der Waals surface area contributed by atoms with E-state index in [1.807, 2.05) is 0 Å². The number of aliphatic carboxylic acids is 1. The zero-order valence-corrected chi connectivity index (χ0v) is 14.0. The SMILES string of the molecule is [B]CCCCC(N)(C(=O)O)C1CCN(Cc2ccc(C)cc2)C1. The van der Waals surface area contributed by atoms with Gasteiger partial charge >= 0.3 is 5.97 Å². The van der Waals surface area contributed by atoms with Gasteiger partial charge in [-0.3, -0.25) is 9.69 Å². The van der Waals surface area contributed by atoms with Crippen molar-refractivity contribution in [1.29, 1.82) is 0 Å². The molecule has 2 unspecified atom stereocenters. The second-order valence-electron chi connectivity index (χ2n) is 6.80. The Balaban J connectivity index is 1.95. The van der Waals surface area contributed by atoms with Gasteiger partial charge in [0.2, 0.25) is 0 Å². The highest BCUT2D eigenvalue weighted by atomic mass is 16.4. The van der Waals surface area contributed by atoms with Crippen LogP contribution in [-0.4, -0.2) is 42.5 Å². The molecule has 1 aromatic carbocycles. The summed E-state index contributed by atoms with van der Waals surface area (Å²) in [4.78, 5) is 14.0. The van der Waals surface area contributed by atoms with E-state index in [0.29, 0.717) is 12.7 Å². The van der Waals surface area contributed by atoms with E-state index in [1.165, 1.54) is 11.1 Å². The summed E-state index contributed by atoms with van der Waals surface area (Å²) in [5.74, 6) is -0.875. The lowest BCUT2D eigenvalue weighted by Crippen LogP contribution is -2.55. The molecule has 1 aliphatic rings. The number of carbonyl (C=O) groups is 1. The van der Waals surface area contributed by atoms with Crippen LogP contribution in [0.5, 0.6) is 0 Å². The van der Waals surface area contributed by atoms with E-state index in [-0.39, 0.29) is 5.92 Å². The number of likely N-dealkylation sites (tertiary alicyclic amines) is 1. The molecule has 124 valence electrons.